The fraction of sp³-hybridized carbons (Fsp3) is 0.333. The van der Waals surface area contributed by atoms with E-state index in [1.165, 1.54) is 5.06 Å². The molecule has 2 heterocycles. The number of urea groups is 1. The first-order valence-electron chi connectivity index (χ1n) is 9.19. The molecule has 2 bridgehead atoms. The summed E-state index contributed by atoms with van der Waals surface area (Å²) in [6, 6.07) is 18.4. The minimum atomic E-state index is -0.539. The molecule has 140 valence electrons. The van der Waals surface area contributed by atoms with Crippen LogP contribution in [0.3, 0.4) is 0 Å². The summed E-state index contributed by atoms with van der Waals surface area (Å²) in [6.07, 6.45) is 1.32. The molecule has 0 spiro atoms. The van der Waals surface area contributed by atoms with Gasteiger partial charge in [-0.15, -0.1) is 0 Å². The van der Waals surface area contributed by atoms with Crippen LogP contribution in [0.4, 0.5) is 4.79 Å². The highest BCUT2D eigenvalue weighted by Crippen LogP contribution is 2.31. The first kappa shape index (κ1) is 17.5. The van der Waals surface area contributed by atoms with Crippen LogP contribution in [0.15, 0.2) is 60.7 Å². The van der Waals surface area contributed by atoms with Gasteiger partial charge in [0.2, 0.25) is 0 Å². The van der Waals surface area contributed by atoms with Crippen molar-refractivity contribution in [3.8, 4) is 0 Å². The molecule has 6 heteroatoms. The highest BCUT2D eigenvalue weighted by atomic mass is 16.7. The van der Waals surface area contributed by atoms with Gasteiger partial charge in [-0.2, -0.15) is 5.06 Å². The second-order valence-electron chi connectivity index (χ2n) is 6.86. The third kappa shape index (κ3) is 3.80. The van der Waals surface area contributed by atoms with Crippen LogP contribution in [0, 0.1) is 0 Å². The van der Waals surface area contributed by atoms with E-state index in [0.717, 1.165) is 17.5 Å². The lowest BCUT2D eigenvalue weighted by Gasteiger charge is -2.28. The topological polar surface area (TPSA) is 59.1 Å². The van der Waals surface area contributed by atoms with Crippen molar-refractivity contribution in [2.75, 3.05) is 6.54 Å². The predicted molar refractivity (Wildman–Crippen MR) is 98.2 cm³/mol. The Morgan fingerprint density at radius 3 is 2.22 bits per heavy atom. The molecule has 0 aromatic heterocycles. The zero-order chi connectivity index (χ0) is 18.6. The van der Waals surface area contributed by atoms with E-state index in [9.17, 15) is 9.59 Å². The van der Waals surface area contributed by atoms with Gasteiger partial charge in [0.05, 0.1) is 6.04 Å². The van der Waals surface area contributed by atoms with E-state index in [-0.39, 0.29) is 24.6 Å². The van der Waals surface area contributed by atoms with Gasteiger partial charge >= 0.3 is 12.0 Å². The molecule has 2 fully saturated rings. The molecule has 2 aliphatic heterocycles. The Hall–Kier alpha value is -2.86. The maximum atomic E-state index is 12.7. The zero-order valence-electron chi connectivity index (χ0n) is 15.0. The third-order valence-electron chi connectivity index (χ3n) is 5.03. The lowest BCUT2D eigenvalue weighted by atomic mass is 10.0. The molecule has 0 radical (unpaired) electrons. The van der Waals surface area contributed by atoms with Crippen LogP contribution in [0.25, 0.3) is 0 Å². The van der Waals surface area contributed by atoms with Crippen molar-refractivity contribution in [1.29, 1.82) is 0 Å². The number of rotatable bonds is 6. The number of nitrogens with zero attached hydrogens (tertiary/aromatic N) is 2. The Labute approximate surface area is 158 Å². The average molecular weight is 366 g/mol. The van der Waals surface area contributed by atoms with Gasteiger partial charge in [-0.05, 0) is 24.0 Å². The number of carbonyl (C=O) groups excluding carboxylic acids is 2. The number of hydrogen-bond donors (Lipinski definition) is 0. The average Bonchev–Trinajstić information content (AvgIpc) is 2.96. The second kappa shape index (κ2) is 7.80. The number of fused-ring (bicyclic) bond motifs is 2. The van der Waals surface area contributed by atoms with E-state index >= 15 is 0 Å². The number of carbonyl (C=O) groups is 2. The Morgan fingerprint density at radius 2 is 1.56 bits per heavy atom. The van der Waals surface area contributed by atoms with E-state index in [2.05, 4.69) is 0 Å². The first-order valence-corrected chi connectivity index (χ1v) is 9.19. The van der Waals surface area contributed by atoms with Gasteiger partial charge in [0.15, 0.2) is 0 Å². The number of hydroxylamine groups is 2. The molecule has 2 amide bonds. The van der Waals surface area contributed by atoms with Gasteiger partial charge in [-0.3, -0.25) is 4.84 Å². The summed E-state index contributed by atoms with van der Waals surface area (Å²) >= 11 is 0. The van der Waals surface area contributed by atoms with Crippen molar-refractivity contribution in [3.63, 3.8) is 0 Å². The van der Waals surface area contributed by atoms with Crippen LogP contribution < -0.4 is 0 Å². The standard InChI is InChI=1S/C21H22N2O4/c24-20(26-14-16-7-3-1-4-8-16)19-12-11-18-13-22(19)21(25)23(18)27-15-17-9-5-2-6-10-17/h1-10,18-19H,11-15H2. The molecule has 0 N–H and O–H groups in total. The lowest BCUT2D eigenvalue weighted by molar-refractivity contribution is -0.151. The summed E-state index contributed by atoms with van der Waals surface area (Å²) in [5.74, 6) is -0.351. The quantitative estimate of drug-likeness (QED) is 0.737. The van der Waals surface area contributed by atoms with Crippen molar-refractivity contribution < 1.29 is 19.2 Å². The molecule has 0 saturated carbocycles. The molecule has 2 aromatic rings. The molecule has 27 heavy (non-hydrogen) atoms. The molecule has 4 rings (SSSR count). The molecule has 2 atom stereocenters. The lowest BCUT2D eigenvalue weighted by Crippen LogP contribution is -2.45. The van der Waals surface area contributed by atoms with Crippen molar-refractivity contribution in [1.82, 2.24) is 9.96 Å². The van der Waals surface area contributed by atoms with E-state index in [1.54, 1.807) is 4.90 Å². The molecular weight excluding hydrogens is 344 g/mol. The van der Waals surface area contributed by atoms with Crippen molar-refractivity contribution in [2.24, 2.45) is 0 Å². The second-order valence-corrected chi connectivity index (χ2v) is 6.86. The summed E-state index contributed by atoms with van der Waals surface area (Å²) in [5.41, 5.74) is 1.93. The monoisotopic (exact) mass is 366 g/mol. The third-order valence-corrected chi connectivity index (χ3v) is 5.03. The molecule has 6 nitrogen and oxygen atoms in total. The van der Waals surface area contributed by atoms with E-state index in [0.29, 0.717) is 19.6 Å². The normalized spacial score (nSPS) is 21.4. The maximum absolute atomic E-state index is 12.7. The van der Waals surface area contributed by atoms with Gasteiger partial charge in [-0.1, -0.05) is 60.7 Å². The Morgan fingerprint density at radius 1 is 0.926 bits per heavy atom. The van der Waals surface area contributed by atoms with Crippen LogP contribution in [-0.4, -0.2) is 40.6 Å². The number of hydrogen-bond acceptors (Lipinski definition) is 4. The summed E-state index contributed by atoms with van der Waals surface area (Å²) in [6.45, 7) is 1.05. The van der Waals surface area contributed by atoms with E-state index in [1.807, 2.05) is 60.7 Å². The highest BCUT2D eigenvalue weighted by molar-refractivity contribution is 5.85. The van der Waals surface area contributed by atoms with Crippen molar-refractivity contribution in [3.05, 3.63) is 71.8 Å². The van der Waals surface area contributed by atoms with Crippen LogP contribution in [0.1, 0.15) is 24.0 Å². The summed E-state index contributed by atoms with van der Waals surface area (Å²) in [5, 5.41) is 1.43. The van der Waals surface area contributed by atoms with Gasteiger partial charge in [0, 0.05) is 6.54 Å². The Kier molecular flexibility index (Phi) is 5.07. The van der Waals surface area contributed by atoms with E-state index < -0.39 is 6.04 Å². The van der Waals surface area contributed by atoms with Gasteiger partial charge in [0.1, 0.15) is 19.3 Å². The van der Waals surface area contributed by atoms with Crippen LogP contribution in [-0.2, 0) is 27.6 Å². The minimum Gasteiger partial charge on any atom is -0.459 e. The van der Waals surface area contributed by atoms with Crippen LogP contribution in [0.2, 0.25) is 0 Å². The van der Waals surface area contributed by atoms with Gasteiger partial charge in [-0.25, -0.2) is 9.59 Å². The number of amides is 2. The van der Waals surface area contributed by atoms with E-state index in [4.69, 9.17) is 9.57 Å². The van der Waals surface area contributed by atoms with Crippen molar-refractivity contribution in [2.45, 2.75) is 38.1 Å². The summed E-state index contributed by atoms with van der Waals surface area (Å²) in [7, 11) is 0. The maximum Gasteiger partial charge on any atom is 0.345 e. The van der Waals surface area contributed by atoms with Crippen LogP contribution >= 0.6 is 0 Å². The number of ether oxygens (including phenoxy) is 1. The fourth-order valence-corrected chi connectivity index (χ4v) is 3.59. The van der Waals surface area contributed by atoms with Crippen molar-refractivity contribution >= 4 is 12.0 Å². The zero-order valence-corrected chi connectivity index (χ0v) is 15.0. The number of piperidine rings is 1. The Balaban J connectivity index is 1.35. The summed E-state index contributed by atoms with van der Waals surface area (Å²) < 4.78 is 5.44. The first-order chi connectivity index (χ1) is 13.2. The van der Waals surface area contributed by atoms with Gasteiger partial charge < -0.3 is 9.64 Å². The molecule has 2 aliphatic rings. The number of esters is 1. The fourth-order valence-electron chi connectivity index (χ4n) is 3.59. The molecule has 2 aromatic carbocycles. The largest absolute Gasteiger partial charge is 0.459 e. The molecule has 2 saturated heterocycles. The minimum absolute atomic E-state index is 0.0145. The number of benzene rings is 2. The predicted octanol–water partition coefficient (Wildman–Crippen LogP) is 3.13. The summed E-state index contributed by atoms with van der Waals surface area (Å²) in [4.78, 5) is 32.6. The highest BCUT2D eigenvalue weighted by Gasteiger charge is 2.48. The Bertz CT molecular complexity index is 796. The SMILES string of the molecule is O=C(OCc1ccccc1)C1CCC2CN1C(=O)N2OCc1ccccc1. The molecule has 2 unspecified atom stereocenters. The molecular formula is C21H22N2O4. The molecule has 0 aliphatic carbocycles. The van der Waals surface area contributed by atoms with Gasteiger partial charge in [0.25, 0.3) is 0 Å². The smallest absolute Gasteiger partial charge is 0.345 e. The van der Waals surface area contributed by atoms with Crippen LogP contribution in [0.5, 0.6) is 0 Å².